The third-order valence-electron chi connectivity index (χ3n) is 4.44. The van der Waals surface area contributed by atoms with Crippen molar-refractivity contribution in [2.75, 3.05) is 38.2 Å². The fourth-order valence-corrected chi connectivity index (χ4v) is 3.07. The molecule has 0 spiro atoms. The normalized spacial score (nSPS) is 16.6. The van der Waals surface area contributed by atoms with Gasteiger partial charge in [-0.2, -0.15) is 0 Å². The first kappa shape index (κ1) is 22.4. The highest BCUT2D eigenvalue weighted by Crippen LogP contribution is 2.20. The van der Waals surface area contributed by atoms with E-state index in [1.54, 1.807) is 19.3 Å². The molecule has 1 unspecified atom stereocenters. The number of rotatable bonds is 7. The molecule has 3 rings (SSSR count). The third kappa shape index (κ3) is 6.59. The molecule has 1 saturated heterocycles. The first-order valence-electron chi connectivity index (χ1n) is 9.20. The lowest BCUT2D eigenvalue weighted by atomic mass is 10.2. The van der Waals surface area contributed by atoms with Gasteiger partial charge in [0.2, 0.25) is 0 Å². The fraction of sp³-hybridized carbons (Fsp3) is 0.400. The summed E-state index contributed by atoms with van der Waals surface area (Å²) in [6.45, 7) is 3.31. The van der Waals surface area contributed by atoms with Crippen LogP contribution in [0.4, 0.5) is 10.2 Å². The maximum absolute atomic E-state index is 13.9. The number of nitrogens with one attached hydrogen (secondary N) is 2. The molecule has 1 fully saturated rings. The number of nitrogens with zero attached hydrogens (tertiary/aromatic N) is 3. The third-order valence-corrected chi connectivity index (χ3v) is 4.44. The van der Waals surface area contributed by atoms with Crippen LogP contribution in [0.5, 0.6) is 0 Å². The Morgan fingerprint density at radius 1 is 1.29 bits per heavy atom. The van der Waals surface area contributed by atoms with Crippen molar-refractivity contribution in [3.63, 3.8) is 0 Å². The number of hydrogen-bond donors (Lipinski definition) is 2. The Hall–Kier alpha value is -1.94. The van der Waals surface area contributed by atoms with E-state index in [0.717, 1.165) is 24.5 Å². The standard InChI is InChI=1S/C20H26FN5O.HI/c1-22-20(24-11-13-27-15-16-6-3-2-4-7-16)25-17-9-12-26(14-17)19-18(21)8-5-10-23-19;/h2-8,10,17H,9,11-15H2,1H3,(H2,22,24,25);1H. The topological polar surface area (TPSA) is 61.8 Å². The largest absolute Gasteiger partial charge is 0.375 e. The van der Waals surface area contributed by atoms with Gasteiger partial charge in [0.05, 0.1) is 13.2 Å². The van der Waals surface area contributed by atoms with Crippen LogP contribution in [-0.2, 0) is 11.3 Å². The van der Waals surface area contributed by atoms with E-state index in [1.807, 2.05) is 35.2 Å². The lowest BCUT2D eigenvalue weighted by Gasteiger charge is -2.20. The highest BCUT2D eigenvalue weighted by atomic mass is 127. The Kier molecular flexibility index (Phi) is 9.42. The minimum absolute atomic E-state index is 0. The average Bonchev–Trinajstić information content (AvgIpc) is 3.16. The molecule has 0 bridgehead atoms. The van der Waals surface area contributed by atoms with Gasteiger partial charge in [-0.25, -0.2) is 9.37 Å². The molecule has 2 heterocycles. The number of aliphatic imine (C=N–C) groups is 1. The summed E-state index contributed by atoms with van der Waals surface area (Å²) in [6.07, 6.45) is 2.52. The Bertz CT molecular complexity index is 746. The van der Waals surface area contributed by atoms with E-state index in [2.05, 4.69) is 20.6 Å². The minimum atomic E-state index is -0.281. The number of aromatic nitrogens is 1. The molecular weight excluding hydrogens is 472 g/mol. The van der Waals surface area contributed by atoms with E-state index in [4.69, 9.17) is 4.74 Å². The van der Waals surface area contributed by atoms with Gasteiger partial charge < -0.3 is 20.3 Å². The van der Waals surface area contributed by atoms with Gasteiger partial charge in [0.25, 0.3) is 0 Å². The van der Waals surface area contributed by atoms with Crippen LogP contribution in [0, 0.1) is 5.82 Å². The second kappa shape index (κ2) is 11.8. The zero-order valence-corrected chi connectivity index (χ0v) is 18.3. The van der Waals surface area contributed by atoms with Gasteiger partial charge in [0.15, 0.2) is 17.6 Å². The zero-order chi connectivity index (χ0) is 18.9. The molecule has 0 amide bonds. The van der Waals surface area contributed by atoms with E-state index in [0.29, 0.717) is 32.1 Å². The highest BCUT2D eigenvalue weighted by molar-refractivity contribution is 14.0. The van der Waals surface area contributed by atoms with E-state index in [-0.39, 0.29) is 35.8 Å². The number of hydrogen-bond acceptors (Lipinski definition) is 4. The van der Waals surface area contributed by atoms with E-state index in [1.165, 1.54) is 6.07 Å². The molecule has 1 aliphatic heterocycles. The summed E-state index contributed by atoms with van der Waals surface area (Å²) in [4.78, 5) is 10.4. The Balaban J connectivity index is 0.00000280. The molecule has 2 aromatic rings. The molecule has 0 radical (unpaired) electrons. The van der Waals surface area contributed by atoms with Gasteiger partial charge in [-0.15, -0.1) is 24.0 Å². The number of pyridine rings is 1. The minimum Gasteiger partial charge on any atom is -0.375 e. The number of ether oxygens (including phenoxy) is 1. The number of anilines is 1. The molecule has 8 heteroatoms. The fourth-order valence-electron chi connectivity index (χ4n) is 3.07. The van der Waals surface area contributed by atoms with Crippen molar-refractivity contribution in [3.8, 4) is 0 Å². The summed E-state index contributed by atoms with van der Waals surface area (Å²) in [5.74, 6) is 0.863. The second-order valence-corrected chi connectivity index (χ2v) is 6.42. The summed E-state index contributed by atoms with van der Waals surface area (Å²) < 4.78 is 19.6. The van der Waals surface area contributed by atoms with Crippen LogP contribution in [0.2, 0.25) is 0 Å². The maximum Gasteiger partial charge on any atom is 0.191 e. The van der Waals surface area contributed by atoms with Crippen molar-refractivity contribution < 1.29 is 9.13 Å². The molecule has 1 aromatic heterocycles. The molecule has 1 aromatic carbocycles. The van der Waals surface area contributed by atoms with E-state index < -0.39 is 0 Å². The van der Waals surface area contributed by atoms with Crippen molar-refractivity contribution in [3.05, 3.63) is 60.0 Å². The summed E-state index contributed by atoms with van der Waals surface area (Å²) in [5, 5.41) is 6.64. The summed E-state index contributed by atoms with van der Waals surface area (Å²) in [6, 6.07) is 13.3. The van der Waals surface area contributed by atoms with Gasteiger partial charge in [-0.05, 0) is 24.1 Å². The lowest BCUT2D eigenvalue weighted by molar-refractivity contribution is 0.125. The number of halogens is 2. The van der Waals surface area contributed by atoms with Crippen molar-refractivity contribution in [2.24, 2.45) is 4.99 Å². The van der Waals surface area contributed by atoms with Gasteiger partial charge >= 0.3 is 0 Å². The molecule has 6 nitrogen and oxygen atoms in total. The van der Waals surface area contributed by atoms with Gasteiger partial charge in [-0.1, -0.05) is 30.3 Å². The van der Waals surface area contributed by atoms with E-state index in [9.17, 15) is 4.39 Å². The highest BCUT2D eigenvalue weighted by Gasteiger charge is 2.25. The predicted octanol–water partition coefficient (Wildman–Crippen LogP) is 2.80. The number of guanidine groups is 1. The smallest absolute Gasteiger partial charge is 0.191 e. The van der Waals surface area contributed by atoms with Crippen molar-refractivity contribution in [1.82, 2.24) is 15.6 Å². The number of benzene rings is 1. The molecular formula is C20H27FIN5O. The second-order valence-electron chi connectivity index (χ2n) is 6.42. The van der Waals surface area contributed by atoms with Crippen molar-refractivity contribution in [1.29, 1.82) is 0 Å². The van der Waals surface area contributed by atoms with Crippen LogP contribution < -0.4 is 15.5 Å². The molecule has 1 aliphatic rings. The molecule has 2 N–H and O–H groups in total. The van der Waals surface area contributed by atoms with Crippen LogP contribution in [0.1, 0.15) is 12.0 Å². The zero-order valence-electron chi connectivity index (χ0n) is 16.0. The summed E-state index contributed by atoms with van der Waals surface area (Å²) >= 11 is 0. The quantitative estimate of drug-likeness (QED) is 0.266. The molecule has 0 saturated carbocycles. The molecule has 1 atom stereocenters. The van der Waals surface area contributed by atoms with Gasteiger partial charge in [0.1, 0.15) is 0 Å². The maximum atomic E-state index is 13.9. The Labute approximate surface area is 182 Å². The van der Waals surface area contributed by atoms with Crippen molar-refractivity contribution >= 4 is 35.8 Å². The SMILES string of the molecule is CN=C(NCCOCc1ccccc1)NC1CCN(c2ncccc2F)C1.I. The molecule has 0 aliphatic carbocycles. The van der Waals surface area contributed by atoms with Crippen LogP contribution >= 0.6 is 24.0 Å². The average molecular weight is 499 g/mol. The van der Waals surface area contributed by atoms with Gasteiger partial charge in [-0.3, -0.25) is 4.99 Å². The summed E-state index contributed by atoms with van der Waals surface area (Å²) in [7, 11) is 1.74. The van der Waals surface area contributed by atoms with Crippen molar-refractivity contribution in [2.45, 2.75) is 19.1 Å². The Morgan fingerprint density at radius 2 is 2.11 bits per heavy atom. The predicted molar refractivity (Wildman–Crippen MR) is 121 cm³/mol. The van der Waals surface area contributed by atoms with Crippen LogP contribution in [-0.4, -0.2) is 50.3 Å². The van der Waals surface area contributed by atoms with Crippen LogP contribution in [0.15, 0.2) is 53.7 Å². The monoisotopic (exact) mass is 499 g/mol. The first-order valence-corrected chi connectivity index (χ1v) is 9.20. The molecule has 152 valence electrons. The van der Waals surface area contributed by atoms with Crippen LogP contribution in [0.3, 0.4) is 0 Å². The van der Waals surface area contributed by atoms with E-state index >= 15 is 0 Å². The van der Waals surface area contributed by atoms with Crippen LogP contribution in [0.25, 0.3) is 0 Å². The molecule has 28 heavy (non-hydrogen) atoms. The lowest BCUT2D eigenvalue weighted by Crippen LogP contribution is -2.45. The first-order chi connectivity index (χ1) is 13.3. The van der Waals surface area contributed by atoms with Gasteiger partial charge in [0, 0.05) is 38.9 Å². The summed E-state index contributed by atoms with van der Waals surface area (Å²) in [5.41, 5.74) is 1.16. The Morgan fingerprint density at radius 3 is 2.86 bits per heavy atom.